The van der Waals surface area contributed by atoms with Gasteiger partial charge >= 0.3 is 0 Å². The van der Waals surface area contributed by atoms with Crippen molar-refractivity contribution in [3.8, 4) is 0 Å². The number of aliphatic hydroxyl groups is 7. The lowest BCUT2D eigenvalue weighted by atomic mass is 9.84. The summed E-state index contributed by atoms with van der Waals surface area (Å²) in [4.78, 5) is 0. The Kier molecular flexibility index (Phi) is 21.3. The lowest BCUT2D eigenvalue weighted by molar-refractivity contribution is -0.0649. The molecule has 1 saturated heterocycles. The number of rotatable bonds is 30. The normalized spacial score (nSPS) is 23.9. The molecule has 1 rings (SSSR count). The first kappa shape index (κ1) is 49.9. The molecule has 8 nitrogen and oxygen atoms in total. The Bertz CT molecular complexity index is 1130. The molecule has 53 heavy (non-hydrogen) atoms. The topological polar surface area (TPSA) is 154 Å². The van der Waals surface area contributed by atoms with Gasteiger partial charge < -0.3 is 40.5 Å². The SMILES string of the molecule is C/C(=C\CC[C@]1(C)O[C@@H]1CC/C(C)=C/CO)CC/C=C(\C)CCC[C@](C)(O)CCC[C@@](C)(O)CCC[C@@](C)(O)CCC[C@@](C)(O)CC[C@@H](O)C(C)(C)O. The number of hydrogen-bond donors (Lipinski definition) is 7. The summed E-state index contributed by atoms with van der Waals surface area (Å²) < 4.78 is 6.00. The predicted octanol–water partition coefficient (Wildman–Crippen LogP) is 8.91. The third kappa shape index (κ3) is 23.5. The van der Waals surface area contributed by atoms with Crippen LogP contribution in [0.5, 0.6) is 0 Å². The smallest absolute Gasteiger partial charge is 0.0923 e. The number of hydrogen-bond acceptors (Lipinski definition) is 8. The van der Waals surface area contributed by atoms with Gasteiger partial charge in [-0.25, -0.2) is 0 Å². The summed E-state index contributed by atoms with van der Waals surface area (Å²) in [6.07, 6.45) is 21.0. The lowest BCUT2D eigenvalue weighted by Gasteiger charge is -2.31. The quantitative estimate of drug-likeness (QED) is 0.0284. The van der Waals surface area contributed by atoms with Gasteiger partial charge in [0.25, 0.3) is 0 Å². The minimum absolute atomic E-state index is 0.00408. The van der Waals surface area contributed by atoms with E-state index in [9.17, 15) is 30.6 Å². The van der Waals surface area contributed by atoms with Gasteiger partial charge in [-0.05, 0) is 198 Å². The van der Waals surface area contributed by atoms with Crippen LogP contribution in [0.1, 0.15) is 198 Å². The predicted molar refractivity (Wildman–Crippen MR) is 219 cm³/mol. The van der Waals surface area contributed by atoms with E-state index < -0.39 is 34.1 Å². The number of epoxide rings is 1. The Morgan fingerprint density at radius 2 is 1.02 bits per heavy atom. The van der Waals surface area contributed by atoms with E-state index >= 15 is 0 Å². The molecule has 1 aliphatic heterocycles. The van der Waals surface area contributed by atoms with E-state index in [-0.39, 0.29) is 12.2 Å². The fourth-order valence-electron chi connectivity index (χ4n) is 7.45. The molecule has 7 N–H and O–H groups in total. The van der Waals surface area contributed by atoms with Crippen LogP contribution in [-0.4, -0.2) is 88.2 Å². The highest BCUT2D eigenvalue weighted by atomic mass is 16.6. The van der Waals surface area contributed by atoms with E-state index in [2.05, 4.69) is 39.8 Å². The van der Waals surface area contributed by atoms with Crippen molar-refractivity contribution in [3.63, 3.8) is 0 Å². The highest BCUT2D eigenvalue weighted by Gasteiger charge is 2.50. The Morgan fingerprint density at radius 1 is 0.604 bits per heavy atom. The number of aliphatic hydroxyl groups excluding tert-OH is 2. The summed E-state index contributed by atoms with van der Waals surface area (Å²) >= 11 is 0. The Morgan fingerprint density at radius 3 is 1.49 bits per heavy atom. The standard InChI is InChI=1S/C45H84O8/c1-35(17-11-18-36(2)20-13-32-45(10)39(53-45)22-21-37(3)24-34-46)19-12-25-41(6,49)26-14-27-42(7,50)28-15-29-43(8,51)30-16-31-44(9,52)33-23-38(47)40(4,5)48/h17,20,24,38-39,46-52H,11-16,18-19,21-23,25-34H2,1-10H3/b35-17+,36-20+,37-24+/t38-,39-,41+,42-,43-,44-,45+/m1/s1. The zero-order valence-electron chi connectivity index (χ0n) is 35.8. The molecule has 0 aromatic heterocycles. The average molecular weight is 753 g/mol. The first-order valence-electron chi connectivity index (χ1n) is 20.9. The van der Waals surface area contributed by atoms with Gasteiger partial charge in [-0.15, -0.1) is 0 Å². The fraction of sp³-hybridized carbons (Fsp3) is 0.867. The maximum atomic E-state index is 11.0. The van der Waals surface area contributed by atoms with Gasteiger partial charge in [0.15, 0.2) is 0 Å². The van der Waals surface area contributed by atoms with Crippen LogP contribution in [-0.2, 0) is 4.74 Å². The summed E-state index contributed by atoms with van der Waals surface area (Å²) in [6.45, 7) is 19.2. The summed E-state index contributed by atoms with van der Waals surface area (Å²) in [5, 5.41) is 72.7. The van der Waals surface area contributed by atoms with E-state index in [0.29, 0.717) is 70.3 Å². The molecule has 0 aromatic rings. The summed E-state index contributed by atoms with van der Waals surface area (Å²) in [7, 11) is 0. The Hall–Kier alpha value is -1.10. The second-order valence-corrected chi connectivity index (χ2v) is 19.0. The van der Waals surface area contributed by atoms with E-state index in [1.54, 1.807) is 20.8 Å². The molecule has 0 saturated carbocycles. The molecular weight excluding hydrogens is 668 g/mol. The Balaban J connectivity index is 2.26. The molecule has 1 heterocycles. The molecule has 312 valence electrons. The van der Waals surface area contributed by atoms with Crippen LogP contribution in [0.3, 0.4) is 0 Å². The average Bonchev–Trinajstić information content (AvgIpc) is 3.66. The van der Waals surface area contributed by atoms with Crippen LogP contribution < -0.4 is 0 Å². The summed E-state index contributed by atoms with van der Waals surface area (Å²) in [5.41, 5.74) is -0.677. The second-order valence-electron chi connectivity index (χ2n) is 19.0. The number of ether oxygens (including phenoxy) is 1. The zero-order chi connectivity index (χ0) is 40.6. The molecule has 8 heteroatoms. The van der Waals surface area contributed by atoms with E-state index in [0.717, 1.165) is 64.2 Å². The van der Waals surface area contributed by atoms with Crippen molar-refractivity contribution < 1.29 is 40.5 Å². The van der Waals surface area contributed by atoms with Gasteiger partial charge in [0.05, 0.1) is 52.4 Å². The van der Waals surface area contributed by atoms with E-state index in [1.165, 1.54) is 16.7 Å². The summed E-state index contributed by atoms with van der Waals surface area (Å²) in [6, 6.07) is 0. The minimum Gasteiger partial charge on any atom is -0.392 e. The van der Waals surface area contributed by atoms with E-state index in [4.69, 9.17) is 9.84 Å². The molecule has 0 radical (unpaired) electrons. The summed E-state index contributed by atoms with van der Waals surface area (Å²) in [5.74, 6) is 0. The molecule has 0 aromatic carbocycles. The molecule has 1 fully saturated rings. The van der Waals surface area contributed by atoms with Gasteiger partial charge in [0, 0.05) is 0 Å². The molecule has 0 spiro atoms. The first-order chi connectivity index (χ1) is 24.3. The largest absolute Gasteiger partial charge is 0.392 e. The third-order valence-corrected chi connectivity index (χ3v) is 11.8. The molecule has 0 bridgehead atoms. The molecular formula is C45H84O8. The van der Waals surface area contributed by atoms with Crippen LogP contribution >= 0.6 is 0 Å². The van der Waals surface area contributed by atoms with Crippen LogP contribution in [0.2, 0.25) is 0 Å². The monoisotopic (exact) mass is 753 g/mol. The van der Waals surface area contributed by atoms with Crippen molar-refractivity contribution in [2.75, 3.05) is 6.61 Å². The van der Waals surface area contributed by atoms with Gasteiger partial charge in [-0.2, -0.15) is 0 Å². The maximum absolute atomic E-state index is 11.0. The zero-order valence-corrected chi connectivity index (χ0v) is 35.8. The minimum atomic E-state index is -1.20. The molecule has 0 amide bonds. The van der Waals surface area contributed by atoms with Crippen LogP contribution in [0.25, 0.3) is 0 Å². The van der Waals surface area contributed by atoms with Crippen molar-refractivity contribution in [3.05, 3.63) is 34.9 Å². The molecule has 0 unspecified atom stereocenters. The van der Waals surface area contributed by atoms with Crippen molar-refractivity contribution in [1.82, 2.24) is 0 Å². The maximum Gasteiger partial charge on any atom is 0.0923 e. The van der Waals surface area contributed by atoms with Crippen molar-refractivity contribution in [2.24, 2.45) is 0 Å². The fourth-order valence-corrected chi connectivity index (χ4v) is 7.45. The molecule has 7 atom stereocenters. The van der Waals surface area contributed by atoms with Crippen molar-refractivity contribution in [1.29, 1.82) is 0 Å². The second kappa shape index (κ2) is 22.6. The highest BCUT2D eigenvalue weighted by Crippen LogP contribution is 2.43. The highest BCUT2D eigenvalue weighted by molar-refractivity contribution is 5.07. The van der Waals surface area contributed by atoms with Crippen LogP contribution in [0.15, 0.2) is 34.9 Å². The van der Waals surface area contributed by atoms with Gasteiger partial charge in [-0.3, -0.25) is 0 Å². The molecule has 0 aliphatic carbocycles. The first-order valence-corrected chi connectivity index (χ1v) is 20.9. The Labute approximate surface area is 324 Å². The van der Waals surface area contributed by atoms with Gasteiger partial charge in [0.2, 0.25) is 0 Å². The van der Waals surface area contributed by atoms with Crippen LogP contribution in [0, 0.1) is 0 Å². The lowest BCUT2D eigenvalue weighted by Crippen LogP contribution is -2.38. The van der Waals surface area contributed by atoms with Crippen LogP contribution in [0.4, 0.5) is 0 Å². The van der Waals surface area contributed by atoms with Crippen molar-refractivity contribution in [2.45, 2.75) is 243 Å². The van der Waals surface area contributed by atoms with Gasteiger partial charge in [0.1, 0.15) is 0 Å². The van der Waals surface area contributed by atoms with Crippen molar-refractivity contribution >= 4 is 0 Å². The van der Waals surface area contributed by atoms with Gasteiger partial charge in [-0.1, -0.05) is 34.9 Å². The van der Waals surface area contributed by atoms with E-state index in [1.807, 2.05) is 26.8 Å². The third-order valence-electron chi connectivity index (χ3n) is 11.8. The number of allylic oxidation sites excluding steroid dienone is 5. The molecule has 1 aliphatic rings.